The van der Waals surface area contributed by atoms with Crippen molar-refractivity contribution < 1.29 is 0 Å². The second-order valence-electron chi connectivity index (χ2n) is 16.2. The third-order valence-corrected chi connectivity index (χ3v) is 14.3. The fraction of sp³-hybridized carbons (Fsp3) is 0.0164. The maximum atomic E-state index is 4.73. The van der Waals surface area contributed by atoms with E-state index in [0.717, 1.165) is 62.2 Å². The molecule has 1 aromatic heterocycles. The van der Waals surface area contributed by atoms with E-state index in [4.69, 9.17) is 6.58 Å². The molecule has 1 aliphatic rings. The third kappa shape index (κ3) is 8.11. The molecule has 0 spiro atoms. The van der Waals surface area contributed by atoms with Crippen molar-refractivity contribution in [3.63, 3.8) is 0 Å². The number of thioether (sulfide) groups is 1. The Hall–Kier alpha value is -7.63. The summed E-state index contributed by atoms with van der Waals surface area (Å²) in [5, 5.41) is 2.55. The second-order valence-corrected chi connectivity index (χ2v) is 18.4. The third-order valence-electron chi connectivity index (χ3n) is 12.0. The molecule has 10 aromatic rings. The molecule has 4 heteroatoms. The molecular formula is C61H44N2S2. The van der Waals surface area contributed by atoms with Gasteiger partial charge in [-0.1, -0.05) is 188 Å². The van der Waals surface area contributed by atoms with Crippen LogP contribution in [0.4, 0.5) is 28.4 Å². The van der Waals surface area contributed by atoms with Gasteiger partial charge >= 0.3 is 0 Å². The van der Waals surface area contributed by atoms with Gasteiger partial charge in [-0.3, -0.25) is 0 Å². The molecule has 0 bridgehead atoms. The Labute approximate surface area is 389 Å². The average Bonchev–Trinajstić information content (AvgIpc) is 3.78. The molecular weight excluding hydrogens is 825 g/mol. The predicted molar refractivity (Wildman–Crippen MR) is 281 cm³/mol. The van der Waals surface area contributed by atoms with Crippen molar-refractivity contribution in [2.75, 3.05) is 9.80 Å². The van der Waals surface area contributed by atoms with Crippen LogP contribution in [0.25, 0.3) is 53.6 Å². The van der Waals surface area contributed by atoms with Crippen LogP contribution in [0, 0.1) is 0 Å². The molecule has 0 amide bonds. The van der Waals surface area contributed by atoms with Gasteiger partial charge in [0, 0.05) is 48.0 Å². The van der Waals surface area contributed by atoms with Crippen molar-refractivity contribution in [2.24, 2.45) is 0 Å². The van der Waals surface area contributed by atoms with E-state index in [2.05, 4.69) is 252 Å². The van der Waals surface area contributed by atoms with Crippen molar-refractivity contribution in [1.82, 2.24) is 0 Å². The summed E-state index contributed by atoms with van der Waals surface area (Å²) >= 11 is 3.60. The summed E-state index contributed by atoms with van der Waals surface area (Å²) in [4.78, 5) is 7.01. The van der Waals surface area contributed by atoms with Crippen LogP contribution in [-0.2, 0) is 6.42 Å². The number of anilines is 5. The number of allylic oxidation sites excluding steroid dienone is 3. The van der Waals surface area contributed by atoms with E-state index in [9.17, 15) is 0 Å². The van der Waals surface area contributed by atoms with Gasteiger partial charge in [0.05, 0.1) is 16.1 Å². The first-order valence-electron chi connectivity index (χ1n) is 22.0. The van der Waals surface area contributed by atoms with E-state index in [1.165, 1.54) is 47.3 Å². The first-order chi connectivity index (χ1) is 32.1. The van der Waals surface area contributed by atoms with Crippen LogP contribution >= 0.6 is 23.1 Å². The Bertz CT molecular complexity index is 3420. The number of thiophene rings is 1. The van der Waals surface area contributed by atoms with Gasteiger partial charge < -0.3 is 9.80 Å². The lowest BCUT2D eigenvalue weighted by molar-refractivity contribution is 1.18. The van der Waals surface area contributed by atoms with Crippen LogP contribution in [0.3, 0.4) is 0 Å². The largest absolute Gasteiger partial charge is 0.309 e. The fourth-order valence-electron chi connectivity index (χ4n) is 8.93. The lowest BCUT2D eigenvalue weighted by Gasteiger charge is -2.30. The molecule has 0 N–H and O–H groups in total. The van der Waals surface area contributed by atoms with Gasteiger partial charge in [-0.25, -0.2) is 0 Å². The highest BCUT2D eigenvalue weighted by Gasteiger charge is 2.22. The van der Waals surface area contributed by atoms with E-state index >= 15 is 0 Å². The molecule has 0 saturated heterocycles. The zero-order valence-corrected chi connectivity index (χ0v) is 37.4. The lowest BCUT2D eigenvalue weighted by Crippen LogP contribution is -2.17. The summed E-state index contributed by atoms with van der Waals surface area (Å²) in [6.07, 6.45) is 7.52. The molecule has 0 radical (unpaired) electrons. The number of rotatable bonds is 9. The second kappa shape index (κ2) is 17.9. The van der Waals surface area contributed by atoms with Crippen LogP contribution in [-0.4, -0.2) is 0 Å². The Balaban J connectivity index is 1.05. The molecule has 2 nitrogen and oxygen atoms in total. The zero-order chi connectivity index (χ0) is 43.5. The van der Waals surface area contributed by atoms with Gasteiger partial charge in [-0.2, -0.15) is 0 Å². The summed E-state index contributed by atoms with van der Waals surface area (Å²) in [6.45, 7) is 4.73. The highest BCUT2D eigenvalue weighted by atomic mass is 32.2. The molecule has 0 saturated carbocycles. The van der Waals surface area contributed by atoms with E-state index < -0.39 is 0 Å². The minimum atomic E-state index is 0.862. The number of benzene rings is 9. The SMILES string of the molecule is C=C1Sc2ccccc2C/C=C\C=C1N(c1cccc(-c2ccccc2)c1)c1cccc(-c2cccc(N(c3cccc(-c4ccccc4)c3)c3cccc4c3sc3ccccc34)c2)c1. The molecule has 310 valence electrons. The molecule has 0 atom stereocenters. The van der Waals surface area contributed by atoms with Crippen LogP contribution in [0.15, 0.2) is 265 Å². The van der Waals surface area contributed by atoms with Crippen LogP contribution in [0.1, 0.15) is 5.56 Å². The molecule has 65 heavy (non-hydrogen) atoms. The average molecular weight is 869 g/mol. The number of hydrogen-bond donors (Lipinski definition) is 0. The maximum absolute atomic E-state index is 4.73. The number of fused-ring (bicyclic) bond motifs is 4. The first-order valence-corrected chi connectivity index (χ1v) is 23.6. The lowest BCUT2D eigenvalue weighted by atomic mass is 10.0. The zero-order valence-electron chi connectivity index (χ0n) is 35.7. The van der Waals surface area contributed by atoms with Gasteiger partial charge in [0.2, 0.25) is 0 Å². The minimum Gasteiger partial charge on any atom is -0.309 e. The van der Waals surface area contributed by atoms with Gasteiger partial charge in [-0.05, 0) is 118 Å². The van der Waals surface area contributed by atoms with Crippen molar-refractivity contribution >= 4 is 71.7 Å². The van der Waals surface area contributed by atoms with E-state index in [-0.39, 0.29) is 0 Å². The molecule has 2 heterocycles. The van der Waals surface area contributed by atoms with E-state index in [1.807, 2.05) is 11.3 Å². The topological polar surface area (TPSA) is 6.48 Å². The van der Waals surface area contributed by atoms with Crippen molar-refractivity contribution in [3.05, 3.63) is 265 Å². The fourth-order valence-corrected chi connectivity index (χ4v) is 11.1. The Morgan fingerprint density at radius 2 is 0.892 bits per heavy atom. The molecule has 9 aromatic carbocycles. The molecule has 0 aliphatic carbocycles. The highest BCUT2D eigenvalue weighted by Crippen LogP contribution is 2.47. The quantitative estimate of drug-likeness (QED) is 0.143. The van der Waals surface area contributed by atoms with Gasteiger partial charge in [0.1, 0.15) is 0 Å². The molecule has 0 unspecified atom stereocenters. The van der Waals surface area contributed by atoms with Crippen molar-refractivity contribution in [2.45, 2.75) is 11.3 Å². The molecule has 0 fully saturated rings. The standard InChI is InChI=1S/C61H44N2S2/c1-43-57(35-11-8-23-46-24-9-12-37-59(46)64-43)62(51-29-14-25-47(39-51)44-19-4-2-5-20-44)52-30-16-27-49(41-52)50-28-17-32-54(42-50)63(53-31-15-26-48(40-53)45-21-6-3-7-22-45)58-36-18-34-56-55-33-10-13-38-60(55)65-61(56)58/h2-22,24-42H,1,23H2/b11-8-,57-35?. The van der Waals surface area contributed by atoms with Crippen LogP contribution in [0.5, 0.6) is 0 Å². The Morgan fingerprint density at radius 3 is 1.51 bits per heavy atom. The molecule has 1 aliphatic heterocycles. The van der Waals surface area contributed by atoms with Gasteiger partial charge in [0.15, 0.2) is 0 Å². The van der Waals surface area contributed by atoms with Gasteiger partial charge in [-0.15, -0.1) is 11.3 Å². The number of hydrogen-bond acceptors (Lipinski definition) is 4. The highest BCUT2D eigenvalue weighted by molar-refractivity contribution is 8.03. The van der Waals surface area contributed by atoms with Gasteiger partial charge in [0.25, 0.3) is 0 Å². The Kier molecular flexibility index (Phi) is 11.0. The minimum absolute atomic E-state index is 0.862. The van der Waals surface area contributed by atoms with E-state index in [1.54, 1.807) is 11.8 Å². The summed E-state index contributed by atoms with van der Waals surface area (Å²) in [5.74, 6) is 0. The predicted octanol–water partition coefficient (Wildman–Crippen LogP) is 18.0. The van der Waals surface area contributed by atoms with Crippen LogP contribution in [0.2, 0.25) is 0 Å². The normalized spacial score (nSPS) is 13.0. The summed E-state index contributed by atoms with van der Waals surface area (Å²) in [7, 11) is 0. The van der Waals surface area contributed by atoms with E-state index in [0.29, 0.717) is 0 Å². The van der Waals surface area contributed by atoms with Crippen molar-refractivity contribution in [3.8, 4) is 33.4 Å². The summed E-state index contributed by atoms with van der Waals surface area (Å²) in [5.41, 5.74) is 14.7. The monoisotopic (exact) mass is 868 g/mol. The first kappa shape index (κ1) is 40.2. The van der Waals surface area contributed by atoms with Crippen molar-refractivity contribution in [1.29, 1.82) is 0 Å². The summed E-state index contributed by atoms with van der Waals surface area (Å²) in [6, 6.07) is 81.1. The summed E-state index contributed by atoms with van der Waals surface area (Å²) < 4.78 is 2.55. The Morgan fingerprint density at radius 1 is 0.415 bits per heavy atom. The number of nitrogens with zero attached hydrogens (tertiary/aromatic N) is 2. The maximum Gasteiger partial charge on any atom is 0.0640 e. The van der Waals surface area contributed by atoms with Crippen LogP contribution < -0.4 is 9.80 Å². The smallest absolute Gasteiger partial charge is 0.0640 e. The molecule has 11 rings (SSSR count).